The Hall–Kier alpha value is -1.18. The Labute approximate surface area is 138 Å². The zero-order chi connectivity index (χ0) is 16.6. The Morgan fingerprint density at radius 3 is 2.41 bits per heavy atom. The van der Waals surface area contributed by atoms with E-state index < -0.39 is 10.0 Å². The molecule has 0 bridgehead atoms. The lowest BCUT2D eigenvalue weighted by molar-refractivity contribution is 0.446. The quantitative estimate of drug-likeness (QED) is 0.632. The number of nitrogens with two attached hydrogens (primary N) is 1. The van der Waals surface area contributed by atoms with Crippen molar-refractivity contribution in [3.8, 4) is 0 Å². The number of nitrogens with one attached hydrogen (secondary N) is 2. The van der Waals surface area contributed by atoms with Crippen molar-refractivity contribution in [3.63, 3.8) is 0 Å². The number of anilines is 1. The van der Waals surface area contributed by atoms with Crippen LogP contribution in [0.1, 0.15) is 39.5 Å². The van der Waals surface area contributed by atoms with E-state index in [4.69, 9.17) is 17.4 Å². The van der Waals surface area contributed by atoms with Crippen LogP contribution in [0.15, 0.2) is 29.2 Å². The smallest absolute Gasteiger partial charge is 0.238 e. The summed E-state index contributed by atoms with van der Waals surface area (Å²) in [5.74, 6) is 0.615. The molecule has 0 saturated heterocycles. The molecule has 0 radical (unpaired) electrons. The fourth-order valence-electron chi connectivity index (χ4n) is 2.08. The molecule has 1 aromatic rings. The maximum Gasteiger partial charge on any atom is 0.238 e. The number of thiocarbonyl (C=S) groups is 1. The third-order valence-electron chi connectivity index (χ3n) is 3.54. The number of hydrogen-bond acceptors (Lipinski definition) is 3. The first-order valence-electron chi connectivity index (χ1n) is 7.54. The summed E-state index contributed by atoms with van der Waals surface area (Å²) >= 11 is 5.26. The highest BCUT2D eigenvalue weighted by Gasteiger charge is 2.08. The molecule has 1 unspecified atom stereocenters. The molecule has 5 nitrogen and oxygen atoms in total. The second-order valence-electron chi connectivity index (χ2n) is 5.32. The molecule has 7 heteroatoms. The fourth-order valence-corrected chi connectivity index (χ4v) is 2.80. The molecule has 1 rings (SSSR count). The molecule has 0 heterocycles. The van der Waals surface area contributed by atoms with E-state index in [9.17, 15) is 8.42 Å². The first-order valence-corrected chi connectivity index (χ1v) is 9.50. The molecule has 0 spiro atoms. The summed E-state index contributed by atoms with van der Waals surface area (Å²) in [6, 6.07) is 6.19. The van der Waals surface area contributed by atoms with Crippen LogP contribution in [0.4, 0.5) is 5.69 Å². The van der Waals surface area contributed by atoms with Crippen molar-refractivity contribution < 1.29 is 8.42 Å². The van der Waals surface area contributed by atoms with Gasteiger partial charge in [0.05, 0.1) is 4.90 Å². The first-order chi connectivity index (χ1) is 10.4. The summed E-state index contributed by atoms with van der Waals surface area (Å²) in [7, 11) is -3.66. The topological polar surface area (TPSA) is 84.2 Å². The van der Waals surface area contributed by atoms with Crippen LogP contribution in [0.5, 0.6) is 0 Å². The van der Waals surface area contributed by atoms with Gasteiger partial charge in [-0.2, -0.15) is 0 Å². The number of primary sulfonamides is 1. The largest absolute Gasteiger partial charge is 0.362 e. The van der Waals surface area contributed by atoms with Crippen LogP contribution in [0.3, 0.4) is 0 Å². The van der Waals surface area contributed by atoms with E-state index in [1.165, 1.54) is 31.4 Å². The monoisotopic (exact) mass is 343 g/mol. The van der Waals surface area contributed by atoms with Crippen LogP contribution in [0, 0.1) is 5.92 Å². The summed E-state index contributed by atoms with van der Waals surface area (Å²) in [6.07, 6.45) is 4.76. The maximum absolute atomic E-state index is 11.2. The number of sulfonamides is 1. The van der Waals surface area contributed by atoms with Gasteiger partial charge >= 0.3 is 0 Å². The minimum absolute atomic E-state index is 0.0857. The van der Waals surface area contributed by atoms with Gasteiger partial charge in [-0.05, 0) is 48.8 Å². The molecule has 0 amide bonds. The van der Waals surface area contributed by atoms with Gasteiger partial charge < -0.3 is 10.6 Å². The summed E-state index contributed by atoms with van der Waals surface area (Å²) in [6.45, 7) is 5.22. The molecule has 1 atom stereocenters. The van der Waals surface area contributed by atoms with E-state index in [2.05, 4.69) is 24.5 Å². The van der Waals surface area contributed by atoms with Gasteiger partial charge in [0.1, 0.15) is 0 Å². The van der Waals surface area contributed by atoms with E-state index in [1.807, 2.05) is 0 Å². The molecule has 0 aromatic heterocycles. The lowest BCUT2D eigenvalue weighted by Crippen LogP contribution is -2.32. The standard InChI is InChI=1S/C15H25N3O2S2/c1-3-5-6-12(4-2)11-17-15(21)18-13-7-9-14(10-8-13)22(16,19)20/h7-10,12H,3-6,11H2,1-2H3,(H2,16,19,20)(H2,17,18,21). The Morgan fingerprint density at radius 2 is 1.91 bits per heavy atom. The van der Waals surface area contributed by atoms with Gasteiger partial charge in [0.15, 0.2) is 5.11 Å². The Balaban J connectivity index is 2.48. The molecular weight excluding hydrogens is 318 g/mol. The Bertz CT molecular complexity index is 571. The first kappa shape index (κ1) is 18.9. The number of unbranched alkanes of at least 4 members (excludes halogenated alkanes) is 1. The summed E-state index contributed by atoms with van der Waals surface area (Å²) in [4.78, 5) is 0.0857. The third kappa shape index (κ3) is 6.72. The van der Waals surface area contributed by atoms with Crippen molar-refractivity contribution in [1.29, 1.82) is 0 Å². The highest BCUT2D eigenvalue weighted by atomic mass is 32.2. The molecule has 0 saturated carbocycles. The molecule has 0 aliphatic rings. The van der Waals surface area contributed by atoms with Crippen LogP contribution in [-0.2, 0) is 10.0 Å². The predicted octanol–water partition coefficient (Wildman–Crippen LogP) is 2.84. The van der Waals surface area contributed by atoms with Gasteiger partial charge in [-0.25, -0.2) is 13.6 Å². The maximum atomic E-state index is 11.2. The van der Waals surface area contributed by atoms with Crippen molar-refractivity contribution in [2.45, 2.75) is 44.4 Å². The zero-order valence-corrected chi connectivity index (χ0v) is 14.8. The van der Waals surface area contributed by atoms with Gasteiger partial charge in [0.25, 0.3) is 0 Å². The van der Waals surface area contributed by atoms with E-state index >= 15 is 0 Å². The van der Waals surface area contributed by atoms with Crippen LogP contribution >= 0.6 is 12.2 Å². The molecular formula is C15H25N3O2S2. The number of rotatable bonds is 8. The predicted molar refractivity (Wildman–Crippen MR) is 95.3 cm³/mol. The average molecular weight is 344 g/mol. The number of benzene rings is 1. The molecule has 0 fully saturated rings. The molecule has 1 aromatic carbocycles. The summed E-state index contributed by atoms with van der Waals surface area (Å²) in [5, 5.41) is 11.9. The van der Waals surface area contributed by atoms with Gasteiger partial charge in [0.2, 0.25) is 10.0 Å². The second kappa shape index (κ2) is 9.07. The van der Waals surface area contributed by atoms with Crippen LogP contribution < -0.4 is 15.8 Å². The van der Waals surface area contributed by atoms with Gasteiger partial charge in [0, 0.05) is 12.2 Å². The zero-order valence-electron chi connectivity index (χ0n) is 13.1. The van der Waals surface area contributed by atoms with E-state index in [0.717, 1.165) is 18.7 Å². The van der Waals surface area contributed by atoms with E-state index in [0.29, 0.717) is 11.0 Å². The highest BCUT2D eigenvalue weighted by Crippen LogP contribution is 2.13. The van der Waals surface area contributed by atoms with Crippen molar-refractivity contribution in [2.24, 2.45) is 11.1 Å². The van der Waals surface area contributed by atoms with Gasteiger partial charge in [-0.3, -0.25) is 0 Å². The summed E-state index contributed by atoms with van der Waals surface area (Å²) < 4.78 is 22.4. The molecule has 0 aliphatic heterocycles. The molecule has 124 valence electrons. The van der Waals surface area contributed by atoms with Crippen molar-refractivity contribution in [1.82, 2.24) is 5.32 Å². The highest BCUT2D eigenvalue weighted by molar-refractivity contribution is 7.89. The van der Waals surface area contributed by atoms with Crippen LogP contribution in [0.25, 0.3) is 0 Å². The lowest BCUT2D eigenvalue weighted by Gasteiger charge is -2.17. The van der Waals surface area contributed by atoms with E-state index in [1.54, 1.807) is 12.1 Å². The van der Waals surface area contributed by atoms with Gasteiger partial charge in [-0.1, -0.05) is 33.1 Å². The summed E-state index contributed by atoms with van der Waals surface area (Å²) in [5.41, 5.74) is 0.728. The van der Waals surface area contributed by atoms with Crippen LogP contribution in [-0.4, -0.2) is 20.1 Å². The van der Waals surface area contributed by atoms with E-state index in [-0.39, 0.29) is 4.90 Å². The Kier molecular flexibility index (Phi) is 7.78. The minimum Gasteiger partial charge on any atom is -0.362 e. The molecule has 0 aliphatic carbocycles. The molecule has 22 heavy (non-hydrogen) atoms. The fraction of sp³-hybridized carbons (Fsp3) is 0.533. The van der Waals surface area contributed by atoms with Gasteiger partial charge in [-0.15, -0.1) is 0 Å². The third-order valence-corrected chi connectivity index (χ3v) is 4.71. The molecule has 4 N–H and O–H groups in total. The number of hydrogen-bond donors (Lipinski definition) is 3. The van der Waals surface area contributed by atoms with Crippen molar-refractivity contribution in [2.75, 3.05) is 11.9 Å². The van der Waals surface area contributed by atoms with Crippen molar-refractivity contribution >= 4 is 33.0 Å². The second-order valence-corrected chi connectivity index (χ2v) is 7.29. The average Bonchev–Trinajstić information content (AvgIpc) is 2.47. The van der Waals surface area contributed by atoms with Crippen molar-refractivity contribution in [3.05, 3.63) is 24.3 Å². The SMILES string of the molecule is CCCCC(CC)CNC(=S)Nc1ccc(S(N)(=O)=O)cc1. The lowest BCUT2D eigenvalue weighted by atomic mass is 9.99. The Morgan fingerprint density at radius 1 is 1.27 bits per heavy atom. The van der Waals surface area contributed by atoms with Crippen LogP contribution in [0.2, 0.25) is 0 Å². The normalized spacial score (nSPS) is 12.7. The minimum atomic E-state index is -3.66.